The molecule has 0 radical (unpaired) electrons. The fourth-order valence-corrected chi connectivity index (χ4v) is 2.48. The van der Waals surface area contributed by atoms with Crippen LogP contribution in [0.1, 0.15) is 22.0 Å². The van der Waals surface area contributed by atoms with Gasteiger partial charge in [-0.15, -0.1) is 0 Å². The molecule has 3 nitrogen and oxygen atoms in total. The molecule has 1 aromatic heterocycles. The molecule has 2 aromatic carbocycles. The molecular formula is C18H17ClN2O. The Morgan fingerprint density at radius 2 is 1.59 bits per heavy atom. The van der Waals surface area contributed by atoms with Crippen molar-refractivity contribution in [3.63, 3.8) is 0 Å². The van der Waals surface area contributed by atoms with Gasteiger partial charge in [0.1, 0.15) is 12.4 Å². The highest BCUT2D eigenvalue weighted by molar-refractivity contribution is 5.99. The number of carbonyl (C=O) groups excluding carboxylic acids is 1. The highest BCUT2D eigenvalue weighted by Crippen LogP contribution is 2.18. The Morgan fingerprint density at radius 3 is 2.14 bits per heavy atom. The lowest BCUT2D eigenvalue weighted by Gasteiger charge is -2.13. The zero-order valence-corrected chi connectivity index (χ0v) is 13.0. The molecule has 0 aliphatic rings. The van der Waals surface area contributed by atoms with Crippen LogP contribution in [0.4, 0.5) is 0 Å². The largest absolute Gasteiger partial charge is 1.00 e. The van der Waals surface area contributed by atoms with Crippen molar-refractivity contribution in [2.45, 2.75) is 6.04 Å². The van der Waals surface area contributed by atoms with Gasteiger partial charge >= 0.3 is 0 Å². The van der Waals surface area contributed by atoms with Crippen molar-refractivity contribution >= 4 is 5.78 Å². The number of halogens is 1. The zero-order valence-electron chi connectivity index (χ0n) is 12.3. The van der Waals surface area contributed by atoms with Gasteiger partial charge in [0, 0.05) is 11.1 Å². The smallest absolute Gasteiger partial charge is 0.244 e. The van der Waals surface area contributed by atoms with Crippen LogP contribution < -0.4 is 17.0 Å². The first kappa shape index (κ1) is 16.0. The van der Waals surface area contributed by atoms with E-state index in [4.69, 9.17) is 0 Å². The number of hydrogen-bond acceptors (Lipinski definition) is 1. The maximum atomic E-state index is 12.9. The van der Waals surface area contributed by atoms with E-state index in [9.17, 15) is 4.79 Å². The van der Waals surface area contributed by atoms with Crippen LogP contribution >= 0.6 is 0 Å². The predicted molar refractivity (Wildman–Crippen MR) is 81.0 cm³/mol. The number of Topliss-reactive ketones (excluding diaryl/α,β-unsaturated/α-hetero) is 1. The first-order valence-corrected chi connectivity index (χ1v) is 6.92. The summed E-state index contributed by atoms with van der Waals surface area (Å²) in [7, 11) is 1.95. The third kappa shape index (κ3) is 3.26. The van der Waals surface area contributed by atoms with Gasteiger partial charge in [-0.2, -0.15) is 0 Å². The number of nitrogens with zero attached hydrogens (tertiary/aromatic N) is 2. The van der Waals surface area contributed by atoms with Crippen molar-refractivity contribution in [1.82, 2.24) is 4.57 Å². The molecule has 4 heteroatoms. The number of hydrogen-bond donors (Lipinski definition) is 0. The maximum Gasteiger partial charge on any atom is 0.244 e. The summed E-state index contributed by atoms with van der Waals surface area (Å²) in [6.45, 7) is 0. The van der Waals surface area contributed by atoms with Gasteiger partial charge in [0.05, 0.1) is 7.05 Å². The number of aryl methyl sites for hydroxylation is 1. The average molecular weight is 313 g/mol. The van der Waals surface area contributed by atoms with Gasteiger partial charge in [0.25, 0.3) is 0 Å². The second-order valence-corrected chi connectivity index (χ2v) is 5.07. The minimum Gasteiger partial charge on any atom is -1.00 e. The normalized spacial score (nSPS) is 11.5. The molecule has 0 aliphatic carbocycles. The summed E-state index contributed by atoms with van der Waals surface area (Å²) < 4.78 is 3.89. The number of ketones is 1. The minimum atomic E-state index is -0.338. The highest BCUT2D eigenvalue weighted by atomic mass is 35.5. The molecule has 0 spiro atoms. The van der Waals surface area contributed by atoms with E-state index in [1.165, 1.54) is 0 Å². The van der Waals surface area contributed by atoms with Gasteiger partial charge in [-0.1, -0.05) is 60.7 Å². The zero-order chi connectivity index (χ0) is 14.7. The Morgan fingerprint density at radius 1 is 1.00 bits per heavy atom. The second kappa shape index (κ2) is 7.05. The molecule has 1 atom stereocenters. The van der Waals surface area contributed by atoms with Crippen LogP contribution in [-0.4, -0.2) is 10.4 Å². The van der Waals surface area contributed by atoms with Crippen LogP contribution in [0.2, 0.25) is 0 Å². The maximum absolute atomic E-state index is 12.9. The van der Waals surface area contributed by atoms with Crippen LogP contribution in [0.25, 0.3) is 0 Å². The van der Waals surface area contributed by atoms with Crippen molar-refractivity contribution in [1.29, 1.82) is 0 Å². The highest BCUT2D eigenvalue weighted by Gasteiger charge is 2.27. The molecule has 0 fully saturated rings. The van der Waals surface area contributed by atoms with E-state index in [2.05, 4.69) is 0 Å². The molecule has 0 N–H and O–H groups in total. The second-order valence-electron chi connectivity index (χ2n) is 5.07. The number of rotatable bonds is 4. The Balaban J connectivity index is 0.00000176. The Kier molecular flexibility index (Phi) is 5.12. The van der Waals surface area contributed by atoms with E-state index in [1.807, 2.05) is 95.6 Å². The molecule has 3 rings (SSSR count). The molecule has 1 unspecified atom stereocenters. The molecule has 22 heavy (non-hydrogen) atoms. The first-order chi connectivity index (χ1) is 10.3. The van der Waals surface area contributed by atoms with Gasteiger partial charge in [0.15, 0.2) is 6.04 Å². The molecule has 0 saturated heterocycles. The van der Waals surface area contributed by atoms with Crippen molar-refractivity contribution < 1.29 is 21.8 Å². The number of aromatic nitrogens is 2. The third-order valence-corrected chi connectivity index (χ3v) is 3.51. The lowest BCUT2D eigenvalue weighted by atomic mass is 9.97. The number of benzene rings is 2. The van der Waals surface area contributed by atoms with Gasteiger partial charge in [-0.05, 0) is 0 Å². The molecule has 112 valence electrons. The fraction of sp³-hybridized carbons (Fsp3) is 0.111. The molecule has 0 saturated carbocycles. The summed E-state index contributed by atoms with van der Waals surface area (Å²) >= 11 is 0. The average Bonchev–Trinajstić information content (AvgIpc) is 2.95. The summed E-state index contributed by atoms with van der Waals surface area (Å²) in [5.74, 6) is 0.0954. The minimum absolute atomic E-state index is 0. The van der Waals surface area contributed by atoms with Gasteiger partial charge in [-0.25, -0.2) is 9.13 Å². The first-order valence-electron chi connectivity index (χ1n) is 6.92. The van der Waals surface area contributed by atoms with E-state index in [1.54, 1.807) is 0 Å². The van der Waals surface area contributed by atoms with Gasteiger partial charge < -0.3 is 12.4 Å². The van der Waals surface area contributed by atoms with Crippen molar-refractivity contribution in [3.8, 4) is 0 Å². The van der Waals surface area contributed by atoms with E-state index in [0.29, 0.717) is 0 Å². The number of carbonyl (C=O) groups is 1. The summed E-state index contributed by atoms with van der Waals surface area (Å²) in [6, 6.07) is 19.0. The SMILES string of the molecule is Cn1cc[n+](C(C(=O)c2ccccc2)c2ccccc2)c1.[Cl-]. The van der Waals surface area contributed by atoms with Crippen LogP contribution in [0, 0.1) is 0 Å². The van der Waals surface area contributed by atoms with Crippen LogP contribution in [0.15, 0.2) is 79.4 Å². The lowest BCUT2D eigenvalue weighted by molar-refractivity contribution is -0.698. The molecule has 0 bridgehead atoms. The summed E-state index contributed by atoms with van der Waals surface area (Å²) in [5.41, 5.74) is 1.71. The predicted octanol–water partition coefficient (Wildman–Crippen LogP) is -0.211. The standard InChI is InChI=1S/C18H17N2O.ClH/c1-19-12-13-20(14-19)17(15-8-4-2-5-9-15)18(21)16-10-6-3-7-11-16;/h2-14,17H,1H3;1H/q+1;/p-1. The van der Waals surface area contributed by atoms with Gasteiger partial charge in [0.2, 0.25) is 12.1 Å². The van der Waals surface area contributed by atoms with Gasteiger partial charge in [-0.3, -0.25) is 4.79 Å². The summed E-state index contributed by atoms with van der Waals surface area (Å²) in [6.07, 6.45) is 5.80. The van der Waals surface area contributed by atoms with Crippen LogP contribution in [0.3, 0.4) is 0 Å². The van der Waals surface area contributed by atoms with E-state index in [-0.39, 0.29) is 24.2 Å². The molecule has 1 heterocycles. The van der Waals surface area contributed by atoms with Crippen LogP contribution in [-0.2, 0) is 7.05 Å². The topological polar surface area (TPSA) is 25.9 Å². The van der Waals surface area contributed by atoms with E-state index < -0.39 is 0 Å². The fourth-order valence-electron chi connectivity index (χ4n) is 2.48. The van der Waals surface area contributed by atoms with Crippen molar-refractivity contribution in [2.75, 3.05) is 0 Å². The quantitative estimate of drug-likeness (QED) is 0.483. The van der Waals surface area contributed by atoms with Crippen molar-refractivity contribution in [2.24, 2.45) is 7.05 Å². The lowest BCUT2D eigenvalue weighted by Crippen LogP contribution is -3.00. The van der Waals surface area contributed by atoms with E-state index in [0.717, 1.165) is 11.1 Å². The Labute approximate surface area is 136 Å². The van der Waals surface area contributed by atoms with E-state index >= 15 is 0 Å². The molecule has 3 aromatic rings. The molecule has 0 aliphatic heterocycles. The molecular weight excluding hydrogens is 296 g/mol. The Bertz CT molecular complexity index is 738. The van der Waals surface area contributed by atoms with Crippen molar-refractivity contribution in [3.05, 3.63) is 90.5 Å². The Hall–Kier alpha value is -2.39. The monoisotopic (exact) mass is 312 g/mol. The third-order valence-electron chi connectivity index (χ3n) is 3.51. The summed E-state index contributed by atoms with van der Waals surface area (Å²) in [4.78, 5) is 12.9. The molecule has 0 amide bonds. The number of imidazole rings is 1. The van der Waals surface area contributed by atoms with Crippen LogP contribution in [0.5, 0.6) is 0 Å². The summed E-state index contributed by atoms with van der Waals surface area (Å²) in [5, 5.41) is 0.